The molecule has 1 aromatic heterocycles. The zero-order valence-electron chi connectivity index (χ0n) is 14.3. The Morgan fingerprint density at radius 1 is 1.19 bits per heavy atom. The number of nitrogens with zero attached hydrogens (tertiary/aromatic N) is 3. The van der Waals surface area contributed by atoms with Crippen molar-refractivity contribution in [2.45, 2.75) is 19.9 Å². The molecule has 0 saturated carbocycles. The lowest BCUT2D eigenvalue weighted by atomic mass is 10.2. The SMILES string of the molecule is Cc1cc(Cl)ccc1NC(=O)C(C)n1ncc(-c2ccccc2)nc1=O. The fourth-order valence-electron chi connectivity index (χ4n) is 2.48. The van der Waals surface area contributed by atoms with Crippen LogP contribution in [0.3, 0.4) is 0 Å². The fourth-order valence-corrected chi connectivity index (χ4v) is 2.71. The Balaban J connectivity index is 1.82. The maximum Gasteiger partial charge on any atom is 0.365 e. The van der Waals surface area contributed by atoms with Crippen LogP contribution in [-0.4, -0.2) is 20.7 Å². The molecular formula is C19H17ClN4O2. The van der Waals surface area contributed by atoms with Crippen molar-refractivity contribution in [3.63, 3.8) is 0 Å². The van der Waals surface area contributed by atoms with Crippen molar-refractivity contribution in [2.75, 3.05) is 5.32 Å². The van der Waals surface area contributed by atoms with Gasteiger partial charge in [-0.05, 0) is 37.6 Å². The highest BCUT2D eigenvalue weighted by Gasteiger charge is 2.19. The quantitative estimate of drug-likeness (QED) is 0.765. The molecule has 0 spiro atoms. The molecule has 0 aliphatic carbocycles. The predicted molar refractivity (Wildman–Crippen MR) is 101 cm³/mol. The summed E-state index contributed by atoms with van der Waals surface area (Å²) in [6, 6.07) is 13.6. The summed E-state index contributed by atoms with van der Waals surface area (Å²) in [5.41, 5.74) is 2.14. The van der Waals surface area contributed by atoms with E-state index in [2.05, 4.69) is 15.4 Å². The van der Waals surface area contributed by atoms with Crippen molar-refractivity contribution in [3.05, 3.63) is 75.8 Å². The van der Waals surface area contributed by atoms with Crippen LogP contribution in [0.5, 0.6) is 0 Å². The Hall–Kier alpha value is -2.99. The van der Waals surface area contributed by atoms with E-state index < -0.39 is 11.7 Å². The second-order valence-electron chi connectivity index (χ2n) is 5.86. The van der Waals surface area contributed by atoms with Crippen LogP contribution in [0.4, 0.5) is 5.69 Å². The molecule has 2 aromatic carbocycles. The zero-order valence-corrected chi connectivity index (χ0v) is 15.1. The zero-order chi connectivity index (χ0) is 18.7. The molecule has 6 nitrogen and oxygen atoms in total. The van der Waals surface area contributed by atoms with E-state index in [1.807, 2.05) is 37.3 Å². The first kappa shape index (κ1) is 17.8. The highest BCUT2D eigenvalue weighted by molar-refractivity contribution is 6.30. The number of aryl methyl sites for hydroxylation is 1. The number of halogens is 1. The maximum atomic E-state index is 12.5. The van der Waals surface area contributed by atoms with E-state index in [-0.39, 0.29) is 5.91 Å². The van der Waals surface area contributed by atoms with Gasteiger partial charge in [0.05, 0.1) is 11.9 Å². The number of nitrogens with one attached hydrogen (secondary N) is 1. The van der Waals surface area contributed by atoms with Gasteiger partial charge in [0.1, 0.15) is 6.04 Å². The third-order valence-electron chi connectivity index (χ3n) is 3.98. The Bertz CT molecular complexity index is 1000. The van der Waals surface area contributed by atoms with Crippen LogP contribution in [0.1, 0.15) is 18.5 Å². The summed E-state index contributed by atoms with van der Waals surface area (Å²) in [4.78, 5) is 28.8. The Morgan fingerprint density at radius 2 is 1.92 bits per heavy atom. The fraction of sp³-hybridized carbons (Fsp3) is 0.158. The van der Waals surface area contributed by atoms with Crippen molar-refractivity contribution >= 4 is 23.2 Å². The smallest absolute Gasteiger partial charge is 0.324 e. The van der Waals surface area contributed by atoms with Gasteiger partial charge in [-0.1, -0.05) is 41.9 Å². The number of hydrogen-bond donors (Lipinski definition) is 1. The molecule has 3 aromatic rings. The maximum absolute atomic E-state index is 12.5. The largest absolute Gasteiger partial charge is 0.365 e. The number of aromatic nitrogens is 3. The van der Waals surface area contributed by atoms with Gasteiger partial charge in [-0.25, -0.2) is 9.48 Å². The Labute approximate surface area is 155 Å². The Morgan fingerprint density at radius 3 is 2.58 bits per heavy atom. The highest BCUT2D eigenvalue weighted by atomic mass is 35.5. The van der Waals surface area contributed by atoms with Crippen LogP contribution in [0, 0.1) is 6.92 Å². The van der Waals surface area contributed by atoms with Crippen LogP contribution in [0.2, 0.25) is 5.02 Å². The molecule has 1 amide bonds. The monoisotopic (exact) mass is 368 g/mol. The second kappa shape index (κ2) is 7.49. The number of benzene rings is 2. The van der Waals surface area contributed by atoms with E-state index in [9.17, 15) is 9.59 Å². The molecule has 7 heteroatoms. The van der Waals surface area contributed by atoms with Gasteiger partial charge in [0.25, 0.3) is 0 Å². The molecule has 26 heavy (non-hydrogen) atoms. The van der Waals surface area contributed by atoms with E-state index >= 15 is 0 Å². The molecule has 0 bridgehead atoms. The molecule has 0 aliphatic rings. The minimum atomic E-state index is -0.810. The lowest BCUT2D eigenvalue weighted by molar-refractivity contribution is -0.119. The lowest BCUT2D eigenvalue weighted by Gasteiger charge is -2.15. The van der Waals surface area contributed by atoms with Crippen molar-refractivity contribution in [1.82, 2.24) is 14.8 Å². The van der Waals surface area contributed by atoms with Gasteiger partial charge >= 0.3 is 5.69 Å². The Kier molecular flexibility index (Phi) is 5.14. The van der Waals surface area contributed by atoms with Crippen molar-refractivity contribution in [2.24, 2.45) is 0 Å². The topological polar surface area (TPSA) is 76.9 Å². The number of carbonyl (C=O) groups is 1. The summed E-state index contributed by atoms with van der Waals surface area (Å²) in [6.07, 6.45) is 1.48. The van der Waals surface area contributed by atoms with Crippen LogP contribution in [0.15, 0.2) is 59.5 Å². The summed E-state index contributed by atoms with van der Waals surface area (Å²) >= 11 is 5.92. The molecule has 3 rings (SSSR count). The molecular weight excluding hydrogens is 352 g/mol. The van der Waals surface area contributed by atoms with E-state index in [1.54, 1.807) is 25.1 Å². The van der Waals surface area contributed by atoms with E-state index in [0.29, 0.717) is 16.4 Å². The summed E-state index contributed by atoms with van der Waals surface area (Å²) in [6.45, 7) is 3.44. The molecule has 1 heterocycles. The molecule has 1 atom stereocenters. The van der Waals surface area contributed by atoms with Crippen molar-refractivity contribution in [1.29, 1.82) is 0 Å². The van der Waals surface area contributed by atoms with Gasteiger partial charge in [-0.2, -0.15) is 10.1 Å². The molecule has 1 unspecified atom stereocenters. The molecule has 0 saturated heterocycles. The first-order valence-corrected chi connectivity index (χ1v) is 8.42. The van der Waals surface area contributed by atoms with Crippen molar-refractivity contribution < 1.29 is 4.79 Å². The van der Waals surface area contributed by atoms with Crippen LogP contribution >= 0.6 is 11.6 Å². The predicted octanol–water partition coefficient (Wildman–Crippen LogP) is 3.47. The highest BCUT2D eigenvalue weighted by Crippen LogP contribution is 2.20. The van der Waals surface area contributed by atoms with Gasteiger partial charge in [0.2, 0.25) is 5.91 Å². The van der Waals surface area contributed by atoms with Crippen LogP contribution in [0.25, 0.3) is 11.3 Å². The number of anilines is 1. The van der Waals surface area contributed by atoms with E-state index in [4.69, 9.17) is 11.6 Å². The first-order valence-electron chi connectivity index (χ1n) is 8.04. The third kappa shape index (κ3) is 3.81. The van der Waals surface area contributed by atoms with Gasteiger partial charge in [0, 0.05) is 16.3 Å². The number of amides is 1. The van der Waals surface area contributed by atoms with E-state index in [0.717, 1.165) is 15.8 Å². The van der Waals surface area contributed by atoms with Gasteiger partial charge in [0.15, 0.2) is 0 Å². The number of hydrogen-bond acceptors (Lipinski definition) is 4. The summed E-state index contributed by atoms with van der Waals surface area (Å²) < 4.78 is 1.06. The lowest BCUT2D eigenvalue weighted by Crippen LogP contribution is -2.35. The van der Waals surface area contributed by atoms with Crippen LogP contribution in [-0.2, 0) is 4.79 Å². The average Bonchev–Trinajstić information content (AvgIpc) is 2.64. The third-order valence-corrected chi connectivity index (χ3v) is 4.21. The molecule has 132 valence electrons. The van der Waals surface area contributed by atoms with Crippen molar-refractivity contribution in [3.8, 4) is 11.3 Å². The van der Waals surface area contributed by atoms with E-state index in [1.165, 1.54) is 6.20 Å². The molecule has 0 aliphatic heterocycles. The van der Waals surface area contributed by atoms with Gasteiger partial charge in [-0.15, -0.1) is 0 Å². The summed E-state index contributed by atoms with van der Waals surface area (Å²) in [5.74, 6) is -0.362. The normalized spacial score (nSPS) is 11.8. The summed E-state index contributed by atoms with van der Waals surface area (Å²) in [5, 5.41) is 7.49. The minimum Gasteiger partial charge on any atom is -0.324 e. The number of carbonyl (C=O) groups excluding carboxylic acids is 1. The minimum absolute atomic E-state index is 0.362. The molecule has 0 fully saturated rings. The molecule has 1 N–H and O–H groups in total. The standard InChI is InChI=1S/C19H17ClN4O2/c1-12-10-15(20)8-9-16(12)22-18(25)13(2)24-19(26)23-17(11-21-24)14-6-4-3-5-7-14/h3-11,13H,1-2H3,(H,22,25). The first-order chi connectivity index (χ1) is 12.5. The van der Waals surface area contributed by atoms with Gasteiger partial charge in [-0.3, -0.25) is 4.79 Å². The van der Waals surface area contributed by atoms with Gasteiger partial charge < -0.3 is 5.32 Å². The van der Waals surface area contributed by atoms with Crippen LogP contribution < -0.4 is 11.0 Å². The molecule has 0 radical (unpaired) electrons. The number of rotatable bonds is 4. The second-order valence-corrected chi connectivity index (χ2v) is 6.30. The average molecular weight is 369 g/mol. The summed E-state index contributed by atoms with van der Waals surface area (Å²) in [7, 11) is 0.